The van der Waals surface area contributed by atoms with Crippen LogP contribution in [0.4, 0.5) is 0 Å². The molecule has 1 aliphatic heterocycles. The summed E-state index contributed by atoms with van der Waals surface area (Å²) in [4.78, 5) is 14.1. The van der Waals surface area contributed by atoms with Gasteiger partial charge in [-0.05, 0) is 35.9 Å². The number of halogens is 1. The Kier molecular flexibility index (Phi) is 4.27. The first-order valence-electron chi connectivity index (χ1n) is 6.59. The highest BCUT2D eigenvalue weighted by molar-refractivity contribution is 9.10. The fourth-order valence-corrected chi connectivity index (χ4v) is 3.74. The van der Waals surface area contributed by atoms with Gasteiger partial charge in [0.05, 0.1) is 19.1 Å². The second kappa shape index (κ2) is 6.18. The number of allylic oxidation sites excluding steroid dienone is 1. The van der Waals surface area contributed by atoms with E-state index in [9.17, 15) is 4.79 Å². The second-order valence-corrected chi connectivity index (χ2v) is 6.60. The number of fused-ring (bicyclic) bond motifs is 1. The quantitative estimate of drug-likeness (QED) is 0.721. The van der Waals surface area contributed by atoms with Crippen molar-refractivity contribution in [3.8, 4) is 11.5 Å². The number of benzene rings is 2. The molecule has 0 fully saturated rings. The van der Waals surface area contributed by atoms with Gasteiger partial charge in [-0.15, -0.1) is 0 Å². The maximum atomic E-state index is 12.4. The Morgan fingerprint density at radius 3 is 2.45 bits per heavy atom. The van der Waals surface area contributed by atoms with E-state index in [0.717, 1.165) is 20.5 Å². The van der Waals surface area contributed by atoms with Crippen molar-refractivity contribution >= 4 is 39.6 Å². The molecule has 0 atom stereocenters. The molecule has 0 unspecified atom stereocenters. The van der Waals surface area contributed by atoms with Gasteiger partial charge in [-0.1, -0.05) is 39.8 Å². The summed E-state index contributed by atoms with van der Waals surface area (Å²) in [7, 11) is 3.18. The van der Waals surface area contributed by atoms with Crippen LogP contribution >= 0.6 is 27.7 Å². The first-order chi connectivity index (χ1) is 10.6. The Bertz CT molecular complexity index is 783. The summed E-state index contributed by atoms with van der Waals surface area (Å²) < 4.78 is 11.4. The van der Waals surface area contributed by atoms with E-state index in [-0.39, 0.29) is 5.78 Å². The third-order valence-electron chi connectivity index (χ3n) is 3.36. The van der Waals surface area contributed by atoms with Gasteiger partial charge in [0.15, 0.2) is 11.5 Å². The van der Waals surface area contributed by atoms with Crippen LogP contribution in [0.1, 0.15) is 15.9 Å². The zero-order valence-corrected chi connectivity index (χ0v) is 14.5. The topological polar surface area (TPSA) is 35.5 Å². The number of thioether (sulfide) groups is 1. The van der Waals surface area contributed by atoms with Gasteiger partial charge in [0.25, 0.3) is 0 Å². The molecule has 5 heteroatoms. The lowest BCUT2D eigenvalue weighted by atomic mass is 10.1. The molecule has 0 saturated carbocycles. The summed E-state index contributed by atoms with van der Waals surface area (Å²) in [5.74, 6) is 1.33. The number of rotatable bonds is 3. The smallest absolute Gasteiger partial charge is 0.200 e. The summed E-state index contributed by atoms with van der Waals surface area (Å²) in [6.45, 7) is 0. The van der Waals surface area contributed by atoms with Gasteiger partial charge >= 0.3 is 0 Å². The minimum absolute atomic E-state index is 0.0577. The van der Waals surface area contributed by atoms with Crippen LogP contribution in [0.2, 0.25) is 0 Å². The predicted octanol–water partition coefficient (Wildman–Crippen LogP) is 4.80. The standard InChI is InChI=1S/C17H13BrO3S/c1-20-13-7-10(12(18)9-14(13)21-2)8-16-17(19)11-5-3-4-6-15(11)22-16/h3-9H,1-2H3/b16-8-. The van der Waals surface area contributed by atoms with Crippen LogP contribution in [0, 0.1) is 0 Å². The largest absolute Gasteiger partial charge is 0.493 e. The molecule has 0 aromatic heterocycles. The predicted molar refractivity (Wildman–Crippen MR) is 91.9 cm³/mol. The molecule has 0 aliphatic carbocycles. The van der Waals surface area contributed by atoms with Crippen LogP contribution in [0.15, 0.2) is 50.7 Å². The number of Topliss-reactive ketones (excluding diaryl/α,β-unsaturated/α-hetero) is 1. The van der Waals surface area contributed by atoms with Crippen molar-refractivity contribution in [3.05, 3.63) is 56.9 Å². The molecule has 3 nitrogen and oxygen atoms in total. The van der Waals surface area contributed by atoms with Gasteiger partial charge in [-0.2, -0.15) is 0 Å². The van der Waals surface area contributed by atoms with Crippen LogP contribution in [-0.4, -0.2) is 20.0 Å². The number of hydrogen-bond donors (Lipinski definition) is 0. The van der Waals surface area contributed by atoms with E-state index in [1.54, 1.807) is 14.2 Å². The van der Waals surface area contributed by atoms with Gasteiger partial charge in [-0.25, -0.2) is 0 Å². The van der Waals surface area contributed by atoms with Gasteiger partial charge in [0.1, 0.15) is 0 Å². The molecule has 22 heavy (non-hydrogen) atoms. The monoisotopic (exact) mass is 376 g/mol. The second-order valence-electron chi connectivity index (χ2n) is 4.66. The van der Waals surface area contributed by atoms with Crippen molar-refractivity contribution in [2.75, 3.05) is 14.2 Å². The normalized spacial score (nSPS) is 15.0. The molecule has 112 valence electrons. The SMILES string of the molecule is COc1cc(Br)c(/C=C2\Sc3ccccc3C2=O)cc1OC. The molecule has 3 rings (SSSR count). The zero-order valence-electron chi connectivity index (χ0n) is 12.1. The lowest BCUT2D eigenvalue weighted by Crippen LogP contribution is -1.95. The molecule has 0 radical (unpaired) electrons. The summed E-state index contributed by atoms with van der Waals surface area (Å²) in [6.07, 6.45) is 1.87. The number of carbonyl (C=O) groups is 1. The minimum Gasteiger partial charge on any atom is -0.493 e. The molecule has 0 spiro atoms. The molecule has 0 N–H and O–H groups in total. The molecule has 1 heterocycles. The number of ether oxygens (including phenoxy) is 2. The maximum absolute atomic E-state index is 12.4. The third-order valence-corrected chi connectivity index (χ3v) is 5.15. The van der Waals surface area contributed by atoms with Crippen LogP contribution in [0.5, 0.6) is 11.5 Å². The van der Waals surface area contributed by atoms with Crippen LogP contribution in [0.25, 0.3) is 6.08 Å². The Morgan fingerprint density at radius 1 is 1.09 bits per heavy atom. The number of ketones is 1. The van der Waals surface area contributed by atoms with Crippen LogP contribution in [-0.2, 0) is 0 Å². The van der Waals surface area contributed by atoms with E-state index in [1.165, 1.54) is 11.8 Å². The molecular formula is C17H13BrO3S. The van der Waals surface area contributed by atoms with Crippen molar-refractivity contribution in [1.82, 2.24) is 0 Å². The first-order valence-corrected chi connectivity index (χ1v) is 8.19. The summed E-state index contributed by atoms with van der Waals surface area (Å²) >= 11 is 5.00. The Morgan fingerprint density at radius 2 is 1.77 bits per heavy atom. The lowest BCUT2D eigenvalue weighted by Gasteiger charge is -2.10. The summed E-state index contributed by atoms with van der Waals surface area (Å²) in [6, 6.07) is 11.3. The molecule has 0 bridgehead atoms. The van der Waals surface area contributed by atoms with Gasteiger partial charge in [0.2, 0.25) is 5.78 Å². The molecule has 2 aromatic rings. The summed E-state index contributed by atoms with van der Waals surface area (Å²) in [5.41, 5.74) is 1.64. The van der Waals surface area contributed by atoms with E-state index >= 15 is 0 Å². The third kappa shape index (κ3) is 2.66. The maximum Gasteiger partial charge on any atom is 0.200 e. The highest BCUT2D eigenvalue weighted by Gasteiger charge is 2.25. The van der Waals surface area contributed by atoms with Gasteiger partial charge in [0, 0.05) is 14.9 Å². The Balaban J connectivity index is 2.02. The highest BCUT2D eigenvalue weighted by atomic mass is 79.9. The van der Waals surface area contributed by atoms with Crippen molar-refractivity contribution in [2.45, 2.75) is 4.90 Å². The van der Waals surface area contributed by atoms with E-state index in [4.69, 9.17) is 9.47 Å². The van der Waals surface area contributed by atoms with Gasteiger partial charge in [-0.3, -0.25) is 4.79 Å². The van der Waals surface area contributed by atoms with Crippen LogP contribution in [0.3, 0.4) is 0 Å². The fourth-order valence-electron chi connectivity index (χ4n) is 2.26. The van der Waals surface area contributed by atoms with Crippen molar-refractivity contribution in [3.63, 3.8) is 0 Å². The average molecular weight is 377 g/mol. The van der Waals surface area contributed by atoms with E-state index < -0.39 is 0 Å². The molecule has 2 aromatic carbocycles. The number of carbonyl (C=O) groups excluding carboxylic acids is 1. The molecule has 1 aliphatic rings. The first kappa shape index (κ1) is 15.2. The molecule has 0 saturated heterocycles. The Hall–Kier alpha value is -1.72. The van der Waals surface area contributed by atoms with E-state index in [2.05, 4.69) is 15.9 Å². The number of methoxy groups -OCH3 is 2. The Labute approximate surface area is 141 Å². The van der Waals surface area contributed by atoms with Crippen LogP contribution < -0.4 is 9.47 Å². The fraction of sp³-hybridized carbons (Fsp3) is 0.118. The van der Waals surface area contributed by atoms with E-state index in [0.29, 0.717) is 16.4 Å². The lowest BCUT2D eigenvalue weighted by molar-refractivity contribution is 0.104. The molecule has 0 amide bonds. The van der Waals surface area contributed by atoms with Crippen molar-refractivity contribution in [2.24, 2.45) is 0 Å². The number of hydrogen-bond acceptors (Lipinski definition) is 4. The van der Waals surface area contributed by atoms with Crippen molar-refractivity contribution in [1.29, 1.82) is 0 Å². The average Bonchev–Trinajstić information content (AvgIpc) is 2.85. The van der Waals surface area contributed by atoms with Gasteiger partial charge < -0.3 is 9.47 Å². The summed E-state index contributed by atoms with van der Waals surface area (Å²) in [5, 5.41) is 0. The molecular weight excluding hydrogens is 364 g/mol. The minimum atomic E-state index is 0.0577. The van der Waals surface area contributed by atoms with E-state index in [1.807, 2.05) is 42.5 Å². The highest BCUT2D eigenvalue weighted by Crippen LogP contribution is 2.42. The van der Waals surface area contributed by atoms with Crippen molar-refractivity contribution < 1.29 is 14.3 Å². The zero-order chi connectivity index (χ0) is 15.7.